The number of aromatic nitrogens is 3. The van der Waals surface area contributed by atoms with Crippen LogP contribution in [0.25, 0.3) is 0 Å². The highest BCUT2D eigenvalue weighted by molar-refractivity contribution is 7.99. The molecule has 2 N–H and O–H groups in total. The summed E-state index contributed by atoms with van der Waals surface area (Å²) in [7, 11) is 0. The molecule has 3 aromatic rings. The molecule has 0 aliphatic heterocycles. The van der Waals surface area contributed by atoms with Crippen LogP contribution in [0, 0.1) is 0 Å². The molecular weight excluding hydrogens is 366 g/mol. The number of nitrogens with zero attached hydrogens (tertiary/aromatic N) is 2. The first-order chi connectivity index (χ1) is 13.1. The summed E-state index contributed by atoms with van der Waals surface area (Å²) in [4.78, 5) is 25.7. The molecule has 8 heteroatoms. The Morgan fingerprint density at radius 1 is 1.07 bits per heavy atom. The van der Waals surface area contributed by atoms with Crippen molar-refractivity contribution in [2.45, 2.75) is 11.6 Å². The van der Waals surface area contributed by atoms with Crippen LogP contribution in [0.4, 0.5) is 0 Å². The molecule has 1 aromatic heterocycles. The van der Waals surface area contributed by atoms with Crippen molar-refractivity contribution in [2.24, 2.45) is 0 Å². The second-order valence-corrected chi connectivity index (χ2v) is 6.68. The third-order valence-corrected chi connectivity index (χ3v) is 4.48. The van der Waals surface area contributed by atoms with E-state index in [0.717, 1.165) is 5.56 Å². The molecular formula is C19H17N3O4S. The third kappa shape index (κ3) is 5.42. The van der Waals surface area contributed by atoms with E-state index in [4.69, 9.17) is 9.84 Å². The Kier molecular flexibility index (Phi) is 6.22. The summed E-state index contributed by atoms with van der Waals surface area (Å²) >= 11 is 1.33. The molecule has 0 spiro atoms. The monoisotopic (exact) mass is 383 g/mol. The molecule has 2 aromatic carbocycles. The Morgan fingerprint density at radius 2 is 1.81 bits per heavy atom. The van der Waals surface area contributed by atoms with E-state index in [9.17, 15) is 9.59 Å². The zero-order chi connectivity index (χ0) is 19.1. The van der Waals surface area contributed by atoms with Crippen molar-refractivity contribution in [1.82, 2.24) is 15.2 Å². The first kappa shape index (κ1) is 18.7. The fraction of sp³-hybridized carbons (Fsp3) is 0.158. The molecule has 1 heterocycles. The van der Waals surface area contributed by atoms with E-state index in [1.807, 2.05) is 30.3 Å². The smallest absolute Gasteiger partial charge is 0.335 e. The summed E-state index contributed by atoms with van der Waals surface area (Å²) in [6, 6.07) is 15.8. The molecule has 27 heavy (non-hydrogen) atoms. The predicted molar refractivity (Wildman–Crippen MR) is 102 cm³/mol. The van der Waals surface area contributed by atoms with Crippen LogP contribution in [-0.2, 0) is 6.42 Å². The maximum Gasteiger partial charge on any atom is 0.335 e. The van der Waals surface area contributed by atoms with Gasteiger partial charge in [0.05, 0.1) is 12.2 Å². The number of carbonyl (C=O) groups is 1. The maximum absolute atomic E-state index is 12.1. The van der Waals surface area contributed by atoms with Gasteiger partial charge in [-0.25, -0.2) is 4.79 Å². The number of carboxylic acids is 1. The first-order valence-electron chi connectivity index (χ1n) is 8.20. The van der Waals surface area contributed by atoms with E-state index in [0.29, 0.717) is 35.4 Å². The van der Waals surface area contributed by atoms with Crippen molar-refractivity contribution in [3.05, 3.63) is 81.8 Å². The topological polar surface area (TPSA) is 105 Å². The summed E-state index contributed by atoms with van der Waals surface area (Å²) in [6.07, 6.45) is 0.434. The van der Waals surface area contributed by atoms with Gasteiger partial charge in [-0.05, 0) is 29.8 Å². The van der Waals surface area contributed by atoms with Crippen LogP contribution in [0.2, 0.25) is 0 Å². The minimum Gasteiger partial charge on any atom is -0.493 e. The number of benzene rings is 2. The zero-order valence-corrected chi connectivity index (χ0v) is 15.1. The van der Waals surface area contributed by atoms with Crippen LogP contribution < -0.4 is 10.3 Å². The van der Waals surface area contributed by atoms with Crippen molar-refractivity contribution in [3.63, 3.8) is 0 Å². The molecule has 0 radical (unpaired) electrons. The van der Waals surface area contributed by atoms with Gasteiger partial charge < -0.3 is 9.84 Å². The van der Waals surface area contributed by atoms with Crippen molar-refractivity contribution in [1.29, 1.82) is 0 Å². The molecule has 0 aliphatic carbocycles. The van der Waals surface area contributed by atoms with E-state index in [1.54, 1.807) is 12.1 Å². The number of thioether (sulfide) groups is 1. The lowest BCUT2D eigenvalue weighted by Gasteiger charge is -2.06. The van der Waals surface area contributed by atoms with Gasteiger partial charge in [-0.3, -0.25) is 9.78 Å². The molecule has 0 bridgehead atoms. The molecule has 0 unspecified atom stereocenters. The maximum atomic E-state index is 12.1. The fourth-order valence-corrected chi connectivity index (χ4v) is 2.93. The second-order valence-electron chi connectivity index (χ2n) is 5.59. The number of H-pyrrole nitrogens is 1. The number of aromatic amines is 1. The molecule has 0 saturated carbocycles. The highest BCUT2D eigenvalue weighted by atomic mass is 32.2. The minimum atomic E-state index is -0.977. The van der Waals surface area contributed by atoms with Crippen LogP contribution in [0.15, 0.2) is 64.5 Å². The molecule has 3 rings (SSSR count). The molecule has 0 aliphatic rings. The Morgan fingerprint density at radius 3 is 2.48 bits per heavy atom. The molecule has 7 nitrogen and oxygen atoms in total. The van der Waals surface area contributed by atoms with Crippen LogP contribution in [0.5, 0.6) is 5.75 Å². The van der Waals surface area contributed by atoms with E-state index in [2.05, 4.69) is 15.2 Å². The van der Waals surface area contributed by atoms with Crippen LogP contribution >= 0.6 is 11.8 Å². The zero-order valence-electron chi connectivity index (χ0n) is 14.3. The van der Waals surface area contributed by atoms with Gasteiger partial charge in [0.15, 0.2) is 5.16 Å². The van der Waals surface area contributed by atoms with Crippen molar-refractivity contribution in [2.75, 3.05) is 12.4 Å². The van der Waals surface area contributed by atoms with Gasteiger partial charge in [-0.2, -0.15) is 0 Å². The Bertz CT molecular complexity index is 959. The van der Waals surface area contributed by atoms with Crippen LogP contribution in [0.1, 0.15) is 21.6 Å². The Hall–Kier alpha value is -3.13. The number of carboxylic acid groups (broad SMARTS) is 1. The van der Waals surface area contributed by atoms with E-state index >= 15 is 0 Å². The third-order valence-electron chi connectivity index (χ3n) is 3.65. The fourth-order valence-electron chi connectivity index (χ4n) is 2.31. The van der Waals surface area contributed by atoms with Gasteiger partial charge in [-0.15, -0.1) is 10.2 Å². The number of rotatable bonds is 8. The summed E-state index contributed by atoms with van der Waals surface area (Å²) in [5, 5.41) is 17.4. The van der Waals surface area contributed by atoms with E-state index < -0.39 is 5.97 Å². The Labute approximate surface area is 159 Å². The van der Waals surface area contributed by atoms with E-state index in [1.165, 1.54) is 23.9 Å². The predicted octanol–water partition coefficient (Wildman–Crippen LogP) is 2.62. The van der Waals surface area contributed by atoms with Gasteiger partial charge in [0, 0.05) is 12.2 Å². The summed E-state index contributed by atoms with van der Waals surface area (Å²) in [5.41, 5.74) is 1.34. The lowest BCUT2D eigenvalue weighted by molar-refractivity contribution is 0.0697. The average molecular weight is 383 g/mol. The minimum absolute atomic E-state index is 0.208. The largest absolute Gasteiger partial charge is 0.493 e. The second kappa shape index (κ2) is 9.00. The summed E-state index contributed by atoms with van der Waals surface area (Å²) in [5.74, 6) is 0.164. The summed E-state index contributed by atoms with van der Waals surface area (Å²) in [6.45, 7) is 0.382. The van der Waals surface area contributed by atoms with Crippen molar-refractivity contribution < 1.29 is 14.6 Å². The molecule has 138 valence electrons. The average Bonchev–Trinajstić information content (AvgIpc) is 2.68. The molecule has 0 saturated heterocycles. The van der Waals surface area contributed by atoms with E-state index in [-0.39, 0.29) is 11.1 Å². The highest BCUT2D eigenvalue weighted by Crippen LogP contribution is 2.14. The molecule has 0 amide bonds. The van der Waals surface area contributed by atoms with Gasteiger partial charge in [0.2, 0.25) is 0 Å². The standard InChI is InChI=1S/C19H17N3O4S/c23-17-16(12-13-4-2-1-3-5-13)21-22-19(20-17)27-11-10-26-15-8-6-14(7-9-15)18(24)25/h1-9H,10-12H2,(H,24,25)(H,20,22,23). The number of aromatic carboxylic acids is 1. The highest BCUT2D eigenvalue weighted by Gasteiger charge is 2.07. The van der Waals surface area contributed by atoms with Gasteiger partial charge in [-0.1, -0.05) is 42.1 Å². The van der Waals surface area contributed by atoms with Gasteiger partial charge in [0.1, 0.15) is 11.4 Å². The summed E-state index contributed by atoms with van der Waals surface area (Å²) < 4.78 is 5.54. The number of hydrogen-bond donors (Lipinski definition) is 2. The first-order valence-corrected chi connectivity index (χ1v) is 9.19. The number of nitrogens with one attached hydrogen (secondary N) is 1. The van der Waals surface area contributed by atoms with Gasteiger partial charge in [0.25, 0.3) is 5.56 Å². The number of ether oxygens (including phenoxy) is 1. The van der Waals surface area contributed by atoms with Crippen molar-refractivity contribution >= 4 is 17.7 Å². The quantitative estimate of drug-likeness (QED) is 0.455. The molecule has 0 fully saturated rings. The lowest BCUT2D eigenvalue weighted by atomic mass is 10.1. The lowest BCUT2D eigenvalue weighted by Crippen LogP contribution is -2.18. The normalized spacial score (nSPS) is 10.5. The SMILES string of the molecule is O=C(O)c1ccc(OCCSc2nnc(Cc3ccccc3)c(=O)[nH]2)cc1. The number of hydrogen-bond acceptors (Lipinski definition) is 6. The van der Waals surface area contributed by atoms with Gasteiger partial charge >= 0.3 is 5.97 Å². The van der Waals surface area contributed by atoms with Crippen LogP contribution in [-0.4, -0.2) is 38.6 Å². The van der Waals surface area contributed by atoms with Crippen molar-refractivity contribution in [3.8, 4) is 5.75 Å². The molecule has 0 atom stereocenters. The van der Waals surface area contributed by atoms with Crippen LogP contribution in [0.3, 0.4) is 0 Å². The Balaban J connectivity index is 1.49.